The van der Waals surface area contributed by atoms with Gasteiger partial charge in [-0.1, -0.05) is 12.1 Å². The van der Waals surface area contributed by atoms with E-state index in [2.05, 4.69) is 5.32 Å². The molecule has 15 heavy (non-hydrogen) atoms. The Labute approximate surface area is 98.6 Å². The van der Waals surface area contributed by atoms with Crippen LogP contribution in [0, 0.1) is 0 Å². The molecule has 1 fully saturated rings. The molecular formula is C11H11Cl2NO. The molecule has 4 heteroatoms. The number of halogens is 2. The third-order valence-corrected chi connectivity index (χ3v) is 2.84. The second-order valence-electron chi connectivity index (χ2n) is 3.67. The highest BCUT2D eigenvalue weighted by atomic mass is 35.5. The lowest BCUT2D eigenvalue weighted by Gasteiger charge is -2.05. The normalized spacial score (nSPS) is 15.4. The summed E-state index contributed by atoms with van der Waals surface area (Å²) in [6.45, 7) is 0. The molecule has 2 nitrogen and oxygen atoms in total. The molecule has 0 unspecified atom stereocenters. The maximum Gasteiger partial charge on any atom is 0.251 e. The van der Waals surface area contributed by atoms with Crippen LogP contribution in [0.3, 0.4) is 0 Å². The standard InChI is InChI=1S/C11H11Cl2NO/c12-10(13)7-1-3-8(4-2-7)11(15)14-9-5-6-9/h1-4,9-10H,5-6H2,(H,14,15). The lowest BCUT2D eigenvalue weighted by atomic mass is 10.1. The number of alkyl halides is 2. The lowest BCUT2D eigenvalue weighted by molar-refractivity contribution is 0.0951. The number of rotatable bonds is 3. The van der Waals surface area contributed by atoms with E-state index >= 15 is 0 Å². The summed E-state index contributed by atoms with van der Waals surface area (Å²) in [5, 5.41) is 2.91. The molecule has 1 aliphatic carbocycles. The Morgan fingerprint density at radius 1 is 1.27 bits per heavy atom. The highest BCUT2D eigenvalue weighted by molar-refractivity contribution is 6.44. The molecular weight excluding hydrogens is 233 g/mol. The van der Waals surface area contributed by atoms with E-state index in [1.165, 1.54) is 0 Å². The molecule has 0 bridgehead atoms. The van der Waals surface area contributed by atoms with Crippen molar-refractivity contribution in [3.63, 3.8) is 0 Å². The predicted molar refractivity (Wildman–Crippen MR) is 61.4 cm³/mol. The zero-order valence-corrected chi connectivity index (χ0v) is 9.55. The molecule has 1 amide bonds. The zero-order chi connectivity index (χ0) is 10.8. The Bertz CT molecular complexity index is 357. The van der Waals surface area contributed by atoms with E-state index in [-0.39, 0.29) is 5.91 Å². The van der Waals surface area contributed by atoms with E-state index in [1.807, 2.05) is 0 Å². The third-order valence-electron chi connectivity index (χ3n) is 2.34. The largest absolute Gasteiger partial charge is 0.349 e. The Kier molecular flexibility index (Phi) is 3.17. The summed E-state index contributed by atoms with van der Waals surface area (Å²) < 4.78 is 0. The number of carbonyl (C=O) groups is 1. The lowest BCUT2D eigenvalue weighted by Crippen LogP contribution is -2.25. The fourth-order valence-corrected chi connectivity index (χ4v) is 1.57. The number of carbonyl (C=O) groups excluding carboxylic acids is 1. The summed E-state index contributed by atoms with van der Waals surface area (Å²) in [6.07, 6.45) is 2.19. The van der Waals surface area contributed by atoms with Crippen molar-refractivity contribution in [2.45, 2.75) is 23.7 Å². The van der Waals surface area contributed by atoms with Gasteiger partial charge in [0.2, 0.25) is 0 Å². The minimum Gasteiger partial charge on any atom is -0.349 e. The maximum atomic E-state index is 11.6. The third kappa shape index (κ3) is 2.86. The van der Waals surface area contributed by atoms with Gasteiger partial charge in [-0.25, -0.2) is 0 Å². The fraction of sp³-hybridized carbons (Fsp3) is 0.364. The van der Waals surface area contributed by atoms with Crippen molar-refractivity contribution in [1.29, 1.82) is 0 Å². The van der Waals surface area contributed by atoms with Gasteiger partial charge in [0, 0.05) is 11.6 Å². The van der Waals surface area contributed by atoms with Crippen molar-refractivity contribution in [1.82, 2.24) is 5.32 Å². The van der Waals surface area contributed by atoms with Crippen LogP contribution in [0.15, 0.2) is 24.3 Å². The first-order valence-electron chi connectivity index (χ1n) is 4.86. The van der Waals surface area contributed by atoms with Crippen LogP contribution in [-0.4, -0.2) is 11.9 Å². The molecule has 0 spiro atoms. The van der Waals surface area contributed by atoms with Gasteiger partial charge in [-0.05, 0) is 30.5 Å². The first-order valence-corrected chi connectivity index (χ1v) is 5.73. The van der Waals surface area contributed by atoms with E-state index in [0.29, 0.717) is 11.6 Å². The minimum atomic E-state index is -0.537. The van der Waals surface area contributed by atoms with Crippen LogP contribution < -0.4 is 5.32 Å². The molecule has 1 aromatic carbocycles. The van der Waals surface area contributed by atoms with Crippen molar-refractivity contribution in [3.8, 4) is 0 Å². The zero-order valence-electron chi connectivity index (χ0n) is 8.04. The summed E-state index contributed by atoms with van der Waals surface area (Å²) in [4.78, 5) is 11.1. The summed E-state index contributed by atoms with van der Waals surface area (Å²) in [5.41, 5.74) is 1.46. The minimum absolute atomic E-state index is 0.0234. The number of hydrogen-bond acceptors (Lipinski definition) is 1. The van der Waals surface area contributed by atoms with Crippen LogP contribution in [0.5, 0.6) is 0 Å². The van der Waals surface area contributed by atoms with Crippen LogP contribution in [0.4, 0.5) is 0 Å². The van der Waals surface area contributed by atoms with Gasteiger partial charge in [0.15, 0.2) is 0 Å². The van der Waals surface area contributed by atoms with Gasteiger partial charge < -0.3 is 5.32 Å². The van der Waals surface area contributed by atoms with Gasteiger partial charge in [-0.3, -0.25) is 4.79 Å². The number of benzene rings is 1. The summed E-state index contributed by atoms with van der Waals surface area (Å²) in [5.74, 6) is -0.0234. The molecule has 1 aliphatic rings. The first kappa shape index (κ1) is 10.8. The molecule has 80 valence electrons. The second kappa shape index (κ2) is 4.42. The average molecular weight is 244 g/mol. The van der Waals surface area contributed by atoms with Gasteiger partial charge in [-0.2, -0.15) is 0 Å². The van der Waals surface area contributed by atoms with Gasteiger partial charge in [0.05, 0.1) is 0 Å². The van der Waals surface area contributed by atoms with Crippen LogP contribution >= 0.6 is 23.2 Å². The SMILES string of the molecule is O=C(NC1CC1)c1ccc(C(Cl)Cl)cc1. The van der Waals surface area contributed by atoms with E-state index in [0.717, 1.165) is 18.4 Å². The highest BCUT2D eigenvalue weighted by Crippen LogP contribution is 2.25. The van der Waals surface area contributed by atoms with Crippen LogP contribution in [0.1, 0.15) is 33.6 Å². The second-order valence-corrected chi connectivity index (χ2v) is 4.77. The van der Waals surface area contributed by atoms with E-state index in [9.17, 15) is 4.79 Å². The van der Waals surface area contributed by atoms with Crippen molar-refractivity contribution in [2.75, 3.05) is 0 Å². The van der Waals surface area contributed by atoms with Crippen molar-refractivity contribution < 1.29 is 4.79 Å². The van der Waals surface area contributed by atoms with Crippen molar-refractivity contribution in [2.24, 2.45) is 0 Å². The van der Waals surface area contributed by atoms with Crippen molar-refractivity contribution >= 4 is 29.1 Å². The summed E-state index contributed by atoms with van der Waals surface area (Å²) >= 11 is 11.4. The number of hydrogen-bond donors (Lipinski definition) is 1. The van der Waals surface area contributed by atoms with Gasteiger partial charge in [-0.15, -0.1) is 23.2 Å². The molecule has 1 N–H and O–H groups in total. The predicted octanol–water partition coefficient (Wildman–Crippen LogP) is 3.06. The smallest absolute Gasteiger partial charge is 0.251 e. The molecule has 0 atom stereocenters. The molecule has 1 saturated carbocycles. The molecule has 0 saturated heterocycles. The van der Waals surface area contributed by atoms with Crippen LogP contribution in [0.2, 0.25) is 0 Å². The Morgan fingerprint density at radius 3 is 2.33 bits per heavy atom. The fourth-order valence-electron chi connectivity index (χ4n) is 1.28. The molecule has 1 aromatic rings. The average Bonchev–Trinajstić information content (AvgIpc) is 3.02. The monoisotopic (exact) mass is 243 g/mol. The number of amides is 1. The van der Waals surface area contributed by atoms with Crippen LogP contribution in [0.25, 0.3) is 0 Å². The van der Waals surface area contributed by atoms with Gasteiger partial charge in [0.1, 0.15) is 4.84 Å². The number of nitrogens with one attached hydrogen (secondary N) is 1. The topological polar surface area (TPSA) is 29.1 Å². The van der Waals surface area contributed by atoms with E-state index in [1.54, 1.807) is 24.3 Å². The van der Waals surface area contributed by atoms with Crippen molar-refractivity contribution in [3.05, 3.63) is 35.4 Å². The molecule has 0 radical (unpaired) electrons. The Hall–Kier alpha value is -0.730. The Balaban J connectivity index is 2.04. The summed E-state index contributed by atoms with van der Waals surface area (Å²) in [6, 6.07) is 7.40. The van der Waals surface area contributed by atoms with E-state index in [4.69, 9.17) is 23.2 Å². The van der Waals surface area contributed by atoms with Gasteiger partial charge in [0.25, 0.3) is 5.91 Å². The molecule has 0 heterocycles. The highest BCUT2D eigenvalue weighted by Gasteiger charge is 2.23. The quantitative estimate of drug-likeness (QED) is 0.813. The van der Waals surface area contributed by atoms with Crippen LogP contribution in [-0.2, 0) is 0 Å². The first-order chi connectivity index (χ1) is 7.16. The summed E-state index contributed by atoms with van der Waals surface area (Å²) in [7, 11) is 0. The van der Waals surface area contributed by atoms with E-state index < -0.39 is 4.84 Å². The molecule has 2 rings (SSSR count). The van der Waals surface area contributed by atoms with Gasteiger partial charge >= 0.3 is 0 Å². The Morgan fingerprint density at radius 2 is 1.87 bits per heavy atom. The maximum absolute atomic E-state index is 11.6. The molecule has 0 aliphatic heterocycles. The molecule has 0 aromatic heterocycles.